The monoisotopic (exact) mass is 341 g/mol. The van der Waals surface area contributed by atoms with E-state index in [1.165, 1.54) is 0 Å². The molecule has 1 aliphatic rings. The average Bonchev–Trinajstić information content (AvgIpc) is 2.62. The second kappa shape index (κ2) is 8.41. The van der Waals surface area contributed by atoms with E-state index in [1.807, 2.05) is 18.2 Å². The maximum atomic E-state index is 12.1. The van der Waals surface area contributed by atoms with Crippen LogP contribution in [-0.4, -0.2) is 39.2 Å². The third-order valence-corrected chi connectivity index (χ3v) is 4.80. The van der Waals surface area contributed by atoms with Crippen LogP contribution in [0.5, 0.6) is 0 Å². The molecule has 1 saturated heterocycles. The van der Waals surface area contributed by atoms with E-state index in [-0.39, 0.29) is 11.7 Å². The third kappa shape index (κ3) is 4.77. The van der Waals surface area contributed by atoms with Gasteiger partial charge in [-0.3, -0.25) is 9.69 Å². The van der Waals surface area contributed by atoms with Gasteiger partial charge in [0.05, 0.1) is 6.10 Å². The number of aliphatic hydroxyl groups is 1. The average molecular weight is 341 g/mol. The number of aryl methyl sites for hydroxylation is 1. The van der Waals surface area contributed by atoms with Crippen molar-refractivity contribution in [1.29, 1.82) is 0 Å². The summed E-state index contributed by atoms with van der Waals surface area (Å²) < 4.78 is 0. The lowest BCUT2D eigenvalue weighted by atomic mass is 10.0. The van der Waals surface area contributed by atoms with E-state index < -0.39 is 0 Å². The Hall–Kier alpha value is -1.98. The molecule has 1 fully saturated rings. The zero-order chi connectivity index (χ0) is 17.6. The van der Waals surface area contributed by atoms with E-state index in [1.54, 1.807) is 6.07 Å². The number of unbranched alkanes of at least 4 members (excludes halogenated alkanes) is 1. The van der Waals surface area contributed by atoms with E-state index in [0.717, 1.165) is 68.6 Å². The number of nitrogens with zero attached hydrogens (tertiary/aromatic N) is 2. The number of aromatic nitrogens is 2. The number of hydrogen-bond acceptors (Lipinski definition) is 4. The Bertz CT molecular complexity index is 749. The molecule has 2 N–H and O–H groups in total. The van der Waals surface area contributed by atoms with Crippen LogP contribution in [0, 0.1) is 0 Å². The number of aliphatic hydroxyl groups excluding tert-OH is 1. The summed E-state index contributed by atoms with van der Waals surface area (Å²) in [4.78, 5) is 22.0. The molecule has 0 atom stereocenters. The first-order valence-corrected chi connectivity index (χ1v) is 9.24. The highest BCUT2D eigenvalue weighted by molar-refractivity contribution is 5.60. The Morgan fingerprint density at radius 2 is 2.04 bits per heavy atom. The van der Waals surface area contributed by atoms with Gasteiger partial charge in [0.1, 0.15) is 5.82 Å². The fourth-order valence-electron chi connectivity index (χ4n) is 3.33. The maximum absolute atomic E-state index is 12.1. The summed E-state index contributed by atoms with van der Waals surface area (Å²) in [6.07, 6.45) is 4.43. The molecule has 1 aromatic heterocycles. The number of aromatic amines is 1. The lowest BCUT2D eigenvalue weighted by Crippen LogP contribution is -2.35. The topological polar surface area (TPSA) is 69.2 Å². The SMILES string of the molecule is CCCCc1cc(=O)[nH]c(-c2ccccc2CN2CCC(O)CC2)n1. The molecule has 0 unspecified atom stereocenters. The highest BCUT2D eigenvalue weighted by Gasteiger charge is 2.18. The largest absolute Gasteiger partial charge is 0.393 e. The Labute approximate surface area is 148 Å². The number of benzene rings is 1. The van der Waals surface area contributed by atoms with Crippen LogP contribution in [0.3, 0.4) is 0 Å². The van der Waals surface area contributed by atoms with Crippen molar-refractivity contribution in [2.45, 2.75) is 51.7 Å². The van der Waals surface area contributed by atoms with Gasteiger partial charge < -0.3 is 10.1 Å². The van der Waals surface area contributed by atoms with Crippen LogP contribution in [0.15, 0.2) is 35.1 Å². The zero-order valence-electron chi connectivity index (χ0n) is 14.9. The number of nitrogens with one attached hydrogen (secondary N) is 1. The predicted octanol–water partition coefficient (Wildman–Crippen LogP) is 2.74. The molecule has 0 radical (unpaired) electrons. The van der Waals surface area contributed by atoms with Gasteiger partial charge in [0, 0.05) is 37.0 Å². The summed E-state index contributed by atoms with van der Waals surface area (Å²) in [5.74, 6) is 0.659. The predicted molar refractivity (Wildman–Crippen MR) is 99.4 cm³/mol. The molecular formula is C20H27N3O2. The molecule has 1 aliphatic heterocycles. The highest BCUT2D eigenvalue weighted by atomic mass is 16.3. The van der Waals surface area contributed by atoms with Crippen LogP contribution in [0.25, 0.3) is 11.4 Å². The Morgan fingerprint density at radius 1 is 1.28 bits per heavy atom. The van der Waals surface area contributed by atoms with Crippen LogP contribution in [0.4, 0.5) is 0 Å². The normalized spacial score (nSPS) is 16.2. The first-order valence-electron chi connectivity index (χ1n) is 9.24. The lowest BCUT2D eigenvalue weighted by molar-refractivity contribution is 0.0793. The molecule has 2 heterocycles. The van der Waals surface area contributed by atoms with E-state index >= 15 is 0 Å². The second-order valence-corrected chi connectivity index (χ2v) is 6.85. The van der Waals surface area contributed by atoms with Gasteiger partial charge in [-0.2, -0.15) is 0 Å². The van der Waals surface area contributed by atoms with Crippen LogP contribution < -0.4 is 5.56 Å². The summed E-state index contributed by atoms with van der Waals surface area (Å²) in [6.45, 7) is 4.75. The Balaban J connectivity index is 1.85. The molecule has 0 saturated carbocycles. The molecule has 0 spiro atoms. The van der Waals surface area contributed by atoms with Gasteiger partial charge in [-0.25, -0.2) is 4.98 Å². The smallest absolute Gasteiger partial charge is 0.251 e. The third-order valence-electron chi connectivity index (χ3n) is 4.80. The second-order valence-electron chi connectivity index (χ2n) is 6.85. The number of hydrogen-bond donors (Lipinski definition) is 2. The van der Waals surface area contributed by atoms with Gasteiger partial charge in [-0.1, -0.05) is 37.6 Å². The Morgan fingerprint density at radius 3 is 2.80 bits per heavy atom. The maximum Gasteiger partial charge on any atom is 0.251 e. The highest BCUT2D eigenvalue weighted by Crippen LogP contribution is 2.23. The van der Waals surface area contributed by atoms with E-state index in [2.05, 4.69) is 22.9 Å². The summed E-state index contributed by atoms with van der Waals surface area (Å²) in [6, 6.07) is 9.73. The molecule has 2 aromatic rings. The van der Waals surface area contributed by atoms with Crippen molar-refractivity contribution in [2.24, 2.45) is 0 Å². The molecule has 0 amide bonds. The van der Waals surface area contributed by atoms with Crippen LogP contribution in [0.1, 0.15) is 43.9 Å². The summed E-state index contributed by atoms with van der Waals surface area (Å²) >= 11 is 0. The summed E-state index contributed by atoms with van der Waals surface area (Å²) in [5, 5.41) is 9.68. The molecule has 5 nitrogen and oxygen atoms in total. The van der Waals surface area contributed by atoms with Crippen molar-refractivity contribution >= 4 is 0 Å². The minimum Gasteiger partial charge on any atom is -0.393 e. The number of likely N-dealkylation sites (tertiary alicyclic amines) is 1. The molecule has 0 bridgehead atoms. The van der Waals surface area contributed by atoms with Gasteiger partial charge in [-0.15, -0.1) is 0 Å². The zero-order valence-corrected chi connectivity index (χ0v) is 14.9. The fraction of sp³-hybridized carbons (Fsp3) is 0.500. The number of rotatable bonds is 6. The van der Waals surface area contributed by atoms with Crippen molar-refractivity contribution in [1.82, 2.24) is 14.9 Å². The Kier molecular flexibility index (Phi) is 6.00. The van der Waals surface area contributed by atoms with Crippen molar-refractivity contribution in [3.63, 3.8) is 0 Å². The van der Waals surface area contributed by atoms with Crippen LogP contribution >= 0.6 is 0 Å². The van der Waals surface area contributed by atoms with E-state index in [9.17, 15) is 9.90 Å². The summed E-state index contributed by atoms with van der Waals surface area (Å²) in [5.41, 5.74) is 2.92. The standard InChI is InChI=1S/C20H27N3O2/c1-2-3-7-16-13-19(25)22-20(21-16)18-8-5-4-6-15(18)14-23-11-9-17(24)10-12-23/h4-6,8,13,17,24H,2-3,7,9-12,14H2,1H3,(H,21,22,25). The lowest BCUT2D eigenvalue weighted by Gasteiger charge is -2.30. The minimum atomic E-state index is -0.167. The molecule has 5 heteroatoms. The van der Waals surface area contributed by atoms with Crippen molar-refractivity contribution in [3.8, 4) is 11.4 Å². The van der Waals surface area contributed by atoms with E-state index in [4.69, 9.17) is 4.98 Å². The molecular weight excluding hydrogens is 314 g/mol. The van der Waals surface area contributed by atoms with Crippen molar-refractivity contribution in [3.05, 3.63) is 51.9 Å². The number of H-pyrrole nitrogens is 1. The first-order chi connectivity index (χ1) is 12.2. The first kappa shape index (κ1) is 17.8. The molecule has 134 valence electrons. The molecule has 0 aliphatic carbocycles. The van der Waals surface area contributed by atoms with Gasteiger partial charge in [0.25, 0.3) is 5.56 Å². The molecule has 3 rings (SSSR count). The van der Waals surface area contributed by atoms with Gasteiger partial charge in [0.15, 0.2) is 0 Å². The minimum absolute atomic E-state index is 0.0907. The van der Waals surface area contributed by atoms with Crippen molar-refractivity contribution in [2.75, 3.05) is 13.1 Å². The summed E-state index contributed by atoms with van der Waals surface area (Å²) in [7, 11) is 0. The van der Waals surface area contributed by atoms with Crippen LogP contribution in [-0.2, 0) is 13.0 Å². The van der Waals surface area contributed by atoms with E-state index in [0.29, 0.717) is 5.82 Å². The van der Waals surface area contributed by atoms with Gasteiger partial charge >= 0.3 is 0 Å². The molecule has 25 heavy (non-hydrogen) atoms. The van der Waals surface area contributed by atoms with Crippen molar-refractivity contribution < 1.29 is 5.11 Å². The number of piperidine rings is 1. The quantitative estimate of drug-likeness (QED) is 0.848. The van der Waals surface area contributed by atoms with Gasteiger partial charge in [-0.05, 0) is 31.2 Å². The van der Waals surface area contributed by atoms with Crippen LogP contribution in [0.2, 0.25) is 0 Å². The fourth-order valence-corrected chi connectivity index (χ4v) is 3.33. The van der Waals surface area contributed by atoms with Gasteiger partial charge in [0.2, 0.25) is 0 Å². The molecule has 1 aromatic carbocycles.